The van der Waals surface area contributed by atoms with Gasteiger partial charge in [-0.2, -0.15) is 0 Å². The van der Waals surface area contributed by atoms with Crippen molar-refractivity contribution < 1.29 is 0 Å². The normalized spacial score (nSPS) is 13.7. The number of benzene rings is 4. The lowest BCUT2D eigenvalue weighted by Crippen LogP contribution is -2.28. The Morgan fingerprint density at radius 2 is 1.33 bits per heavy atom. The summed E-state index contributed by atoms with van der Waals surface area (Å²) in [5.74, 6) is 0. The number of aryl methyl sites for hydroxylation is 1. The molecule has 0 amide bonds. The van der Waals surface area contributed by atoms with E-state index in [9.17, 15) is 0 Å². The van der Waals surface area contributed by atoms with Crippen LogP contribution in [0.25, 0.3) is 22.3 Å². The molecule has 33 heavy (non-hydrogen) atoms. The molecule has 0 N–H and O–H groups in total. The van der Waals surface area contributed by atoms with E-state index in [1.165, 1.54) is 55.9 Å². The molecule has 0 atom stereocenters. The predicted octanol–water partition coefficient (Wildman–Crippen LogP) is 8.82. The van der Waals surface area contributed by atoms with Crippen molar-refractivity contribution in [3.05, 3.63) is 107 Å². The van der Waals surface area contributed by atoms with E-state index in [0.29, 0.717) is 6.04 Å². The van der Waals surface area contributed by atoms with Gasteiger partial charge in [-0.1, -0.05) is 92.7 Å². The van der Waals surface area contributed by atoms with Crippen molar-refractivity contribution >= 4 is 11.4 Å². The van der Waals surface area contributed by atoms with Crippen molar-refractivity contribution in [3.63, 3.8) is 0 Å². The highest BCUT2D eigenvalue weighted by Crippen LogP contribution is 2.54. The highest BCUT2D eigenvalue weighted by atomic mass is 15.2. The Morgan fingerprint density at radius 1 is 0.667 bits per heavy atom. The maximum Gasteiger partial charge on any atom is 0.0525 e. The minimum Gasteiger partial charge on any atom is -0.338 e. The molecule has 0 aliphatic heterocycles. The van der Waals surface area contributed by atoms with Gasteiger partial charge in [0.15, 0.2) is 0 Å². The number of nitrogens with zero attached hydrogens (tertiary/aromatic N) is 1. The van der Waals surface area contributed by atoms with Crippen LogP contribution in [0.3, 0.4) is 0 Å². The molecule has 0 radical (unpaired) electrons. The zero-order chi connectivity index (χ0) is 23.3. The average Bonchev–Trinajstić information content (AvgIpc) is 3.04. The standard InChI is InChI=1S/C32H33N/c1-21(2)33(29-18-12-16-25(23(29)4)24-13-8-7-9-14-24)31-22(3)19-20-28-30(31)26-15-10-11-17-27(26)32(28,5)6/h7-21H,1-6H3. The minimum atomic E-state index is -0.00203. The Bertz CT molecular complexity index is 1330. The van der Waals surface area contributed by atoms with Crippen molar-refractivity contribution in [1.29, 1.82) is 0 Å². The van der Waals surface area contributed by atoms with Gasteiger partial charge in [-0.25, -0.2) is 0 Å². The molecular formula is C32H33N. The second-order valence-electron chi connectivity index (χ2n) is 10.1. The van der Waals surface area contributed by atoms with E-state index >= 15 is 0 Å². The Labute approximate surface area is 198 Å². The van der Waals surface area contributed by atoms with Crippen LogP contribution in [0.5, 0.6) is 0 Å². The van der Waals surface area contributed by atoms with Gasteiger partial charge in [-0.05, 0) is 72.7 Å². The summed E-state index contributed by atoms with van der Waals surface area (Å²) in [5, 5.41) is 0. The molecule has 0 aromatic heterocycles. The fourth-order valence-corrected chi connectivity index (χ4v) is 5.66. The quantitative estimate of drug-likeness (QED) is 0.312. The van der Waals surface area contributed by atoms with E-state index in [1.807, 2.05) is 0 Å². The van der Waals surface area contributed by atoms with Crippen molar-refractivity contribution in [1.82, 2.24) is 0 Å². The molecule has 0 bridgehead atoms. The van der Waals surface area contributed by atoms with E-state index < -0.39 is 0 Å². The Balaban J connectivity index is 1.78. The molecule has 4 aromatic rings. The van der Waals surface area contributed by atoms with Crippen molar-refractivity contribution in [3.8, 4) is 22.3 Å². The number of rotatable bonds is 4. The molecule has 1 aliphatic carbocycles. The lowest BCUT2D eigenvalue weighted by molar-refractivity contribution is 0.660. The van der Waals surface area contributed by atoms with Crippen LogP contribution in [0.2, 0.25) is 0 Å². The third kappa shape index (κ3) is 3.30. The Morgan fingerprint density at radius 3 is 2.06 bits per heavy atom. The van der Waals surface area contributed by atoms with Crippen molar-refractivity contribution in [2.45, 2.75) is 53.0 Å². The highest BCUT2D eigenvalue weighted by Gasteiger charge is 2.38. The smallest absolute Gasteiger partial charge is 0.0525 e. The van der Waals surface area contributed by atoms with Gasteiger partial charge in [0.05, 0.1) is 5.69 Å². The minimum absolute atomic E-state index is 0.00203. The molecule has 4 aromatic carbocycles. The second kappa shape index (κ2) is 7.92. The monoisotopic (exact) mass is 431 g/mol. The first-order chi connectivity index (χ1) is 15.8. The van der Waals surface area contributed by atoms with Gasteiger partial charge >= 0.3 is 0 Å². The third-order valence-electron chi connectivity index (χ3n) is 7.33. The average molecular weight is 432 g/mol. The van der Waals surface area contributed by atoms with Crippen LogP contribution < -0.4 is 4.90 Å². The van der Waals surface area contributed by atoms with Gasteiger partial charge in [-0.3, -0.25) is 0 Å². The fourth-order valence-electron chi connectivity index (χ4n) is 5.66. The first-order valence-corrected chi connectivity index (χ1v) is 12.0. The van der Waals surface area contributed by atoms with Crippen LogP contribution in [-0.2, 0) is 5.41 Å². The summed E-state index contributed by atoms with van der Waals surface area (Å²) >= 11 is 0. The molecule has 1 aliphatic rings. The van der Waals surface area contributed by atoms with Gasteiger partial charge in [0, 0.05) is 22.7 Å². The molecule has 0 heterocycles. The lowest BCUT2D eigenvalue weighted by Gasteiger charge is -2.35. The molecular weight excluding hydrogens is 398 g/mol. The molecule has 0 unspecified atom stereocenters. The number of hydrogen-bond acceptors (Lipinski definition) is 1. The topological polar surface area (TPSA) is 3.24 Å². The van der Waals surface area contributed by atoms with E-state index in [1.54, 1.807) is 0 Å². The molecule has 0 spiro atoms. The molecule has 1 heteroatoms. The molecule has 166 valence electrons. The predicted molar refractivity (Wildman–Crippen MR) is 143 cm³/mol. The third-order valence-corrected chi connectivity index (χ3v) is 7.33. The highest BCUT2D eigenvalue weighted by molar-refractivity contribution is 5.94. The maximum atomic E-state index is 2.56. The van der Waals surface area contributed by atoms with Crippen molar-refractivity contribution in [2.75, 3.05) is 4.90 Å². The number of hydrogen-bond donors (Lipinski definition) is 0. The van der Waals surface area contributed by atoms with E-state index in [2.05, 4.69) is 131 Å². The SMILES string of the molecule is Cc1ccc2c(c1N(c1cccc(-c3ccccc3)c1C)C(C)C)-c1ccccc1C2(C)C. The van der Waals surface area contributed by atoms with E-state index in [0.717, 1.165) is 0 Å². The summed E-state index contributed by atoms with van der Waals surface area (Å²) in [4.78, 5) is 2.56. The van der Waals surface area contributed by atoms with E-state index in [4.69, 9.17) is 0 Å². The van der Waals surface area contributed by atoms with Crippen molar-refractivity contribution in [2.24, 2.45) is 0 Å². The first kappa shape index (κ1) is 21.5. The lowest BCUT2D eigenvalue weighted by atomic mass is 9.82. The van der Waals surface area contributed by atoms with Gasteiger partial charge in [-0.15, -0.1) is 0 Å². The van der Waals surface area contributed by atoms with Crippen LogP contribution in [0, 0.1) is 13.8 Å². The molecule has 0 saturated carbocycles. The van der Waals surface area contributed by atoms with Crippen LogP contribution in [0.1, 0.15) is 49.9 Å². The maximum absolute atomic E-state index is 2.56. The van der Waals surface area contributed by atoms with Gasteiger partial charge < -0.3 is 4.90 Å². The van der Waals surface area contributed by atoms with E-state index in [-0.39, 0.29) is 5.41 Å². The zero-order valence-electron chi connectivity index (χ0n) is 20.6. The summed E-state index contributed by atoms with van der Waals surface area (Å²) in [5.41, 5.74) is 13.4. The van der Waals surface area contributed by atoms with Gasteiger partial charge in [0.25, 0.3) is 0 Å². The fraction of sp³-hybridized carbons (Fsp3) is 0.250. The van der Waals surface area contributed by atoms with Gasteiger partial charge in [0.1, 0.15) is 0 Å². The summed E-state index contributed by atoms with van der Waals surface area (Å²) in [6, 6.07) is 31.4. The summed E-state index contributed by atoms with van der Waals surface area (Å²) < 4.78 is 0. The number of fused-ring (bicyclic) bond motifs is 3. The Kier molecular flexibility index (Phi) is 5.16. The second-order valence-corrected chi connectivity index (χ2v) is 10.1. The van der Waals surface area contributed by atoms with Crippen LogP contribution >= 0.6 is 0 Å². The first-order valence-electron chi connectivity index (χ1n) is 12.0. The van der Waals surface area contributed by atoms with Crippen LogP contribution in [-0.4, -0.2) is 6.04 Å². The number of anilines is 2. The summed E-state index contributed by atoms with van der Waals surface area (Å²) in [7, 11) is 0. The molecule has 5 rings (SSSR count). The zero-order valence-corrected chi connectivity index (χ0v) is 20.6. The molecule has 1 nitrogen and oxygen atoms in total. The molecule has 0 saturated heterocycles. The van der Waals surface area contributed by atoms with Crippen LogP contribution in [0.15, 0.2) is 84.9 Å². The summed E-state index contributed by atoms with van der Waals surface area (Å²) in [6.45, 7) is 13.9. The summed E-state index contributed by atoms with van der Waals surface area (Å²) in [6.07, 6.45) is 0. The molecule has 0 fully saturated rings. The van der Waals surface area contributed by atoms with Gasteiger partial charge in [0.2, 0.25) is 0 Å². The van der Waals surface area contributed by atoms with Crippen LogP contribution in [0.4, 0.5) is 11.4 Å². The Hall–Kier alpha value is -3.32. The largest absolute Gasteiger partial charge is 0.338 e.